The third-order valence-corrected chi connectivity index (χ3v) is 4.39. The minimum atomic E-state index is -1.60. The molecule has 1 aliphatic heterocycles. The maximum absolute atomic E-state index is 13.7. The van der Waals surface area contributed by atoms with Crippen molar-refractivity contribution < 1.29 is 23.5 Å². The monoisotopic (exact) mass is 310 g/mol. The number of aliphatic hydroxyl groups is 1. The smallest absolute Gasteiger partial charge is 0.325 e. The largest absolute Gasteiger partial charge is 0.386 e. The van der Waals surface area contributed by atoms with Crippen LogP contribution in [0.2, 0.25) is 0 Å². The number of rotatable bonds is 3. The number of benzene rings is 1. The summed E-state index contributed by atoms with van der Waals surface area (Å²) in [5, 5.41) is 12.7. The Morgan fingerprint density at radius 1 is 1.23 bits per heavy atom. The highest BCUT2D eigenvalue weighted by atomic mass is 19.1. The van der Waals surface area contributed by atoms with Crippen LogP contribution in [-0.2, 0) is 4.79 Å². The molecule has 22 heavy (non-hydrogen) atoms. The summed E-state index contributed by atoms with van der Waals surface area (Å²) in [5.41, 5.74) is -1.43. The van der Waals surface area contributed by atoms with Gasteiger partial charge in [-0.15, -0.1) is 0 Å². The van der Waals surface area contributed by atoms with Crippen LogP contribution in [0.3, 0.4) is 0 Å². The predicted molar refractivity (Wildman–Crippen MR) is 72.8 cm³/mol. The quantitative estimate of drug-likeness (QED) is 0.837. The average molecular weight is 310 g/mol. The zero-order valence-electron chi connectivity index (χ0n) is 11.8. The second-order valence-corrected chi connectivity index (χ2v) is 5.79. The molecule has 2 N–H and O–H groups in total. The first kappa shape index (κ1) is 14.9. The Bertz CT molecular complexity index is 609. The van der Waals surface area contributed by atoms with Crippen LogP contribution in [0.5, 0.6) is 0 Å². The van der Waals surface area contributed by atoms with Gasteiger partial charge in [-0.05, 0) is 25.0 Å². The highest BCUT2D eigenvalue weighted by Crippen LogP contribution is 2.35. The maximum atomic E-state index is 13.7. The SMILES string of the molecule is O=C1NC2(CCCC2)C(=O)N1CC(O)c1c(F)cccc1F. The van der Waals surface area contributed by atoms with Gasteiger partial charge < -0.3 is 10.4 Å². The van der Waals surface area contributed by atoms with E-state index in [2.05, 4.69) is 5.32 Å². The van der Waals surface area contributed by atoms with Gasteiger partial charge >= 0.3 is 6.03 Å². The van der Waals surface area contributed by atoms with Gasteiger partial charge in [-0.25, -0.2) is 13.6 Å². The molecule has 1 heterocycles. The fourth-order valence-corrected chi connectivity index (χ4v) is 3.25. The Morgan fingerprint density at radius 2 is 1.82 bits per heavy atom. The van der Waals surface area contributed by atoms with E-state index < -0.39 is 47.3 Å². The van der Waals surface area contributed by atoms with Crippen LogP contribution in [0.15, 0.2) is 18.2 Å². The van der Waals surface area contributed by atoms with Gasteiger partial charge in [0, 0.05) is 0 Å². The van der Waals surface area contributed by atoms with Crippen molar-refractivity contribution in [3.8, 4) is 0 Å². The normalized spacial score (nSPS) is 21.5. The highest BCUT2D eigenvalue weighted by molar-refractivity contribution is 6.07. The molecule has 2 aliphatic rings. The van der Waals surface area contributed by atoms with Crippen LogP contribution in [0, 0.1) is 11.6 Å². The summed E-state index contributed by atoms with van der Waals surface area (Å²) >= 11 is 0. The molecule has 118 valence electrons. The molecule has 1 atom stereocenters. The average Bonchev–Trinajstić information content (AvgIpc) is 3.00. The van der Waals surface area contributed by atoms with Gasteiger partial charge in [0.15, 0.2) is 0 Å². The Labute approximate surface area is 125 Å². The summed E-state index contributed by atoms with van der Waals surface area (Å²) < 4.78 is 27.3. The number of halogens is 2. The molecular weight excluding hydrogens is 294 g/mol. The zero-order chi connectivity index (χ0) is 15.9. The van der Waals surface area contributed by atoms with Gasteiger partial charge in [0.25, 0.3) is 5.91 Å². The summed E-state index contributed by atoms with van der Waals surface area (Å²) in [6.07, 6.45) is 1.18. The number of imide groups is 1. The Balaban J connectivity index is 1.81. The Morgan fingerprint density at radius 3 is 2.41 bits per heavy atom. The van der Waals surface area contributed by atoms with Crippen molar-refractivity contribution in [1.82, 2.24) is 10.2 Å². The molecule has 3 amide bonds. The van der Waals surface area contributed by atoms with Crippen molar-refractivity contribution >= 4 is 11.9 Å². The van der Waals surface area contributed by atoms with Gasteiger partial charge in [0.1, 0.15) is 23.3 Å². The number of nitrogens with one attached hydrogen (secondary N) is 1. The van der Waals surface area contributed by atoms with Gasteiger partial charge in [0.2, 0.25) is 0 Å². The van der Waals surface area contributed by atoms with Crippen LogP contribution >= 0.6 is 0 Å². The van der Waals surface area contributed by atoms with Crippen LogP contribution in [0.1, 0.15) is 37.4 Å². The lowest BCUT2D eigenvalue weighted by Crippen LogP contribution is -2.44. The van der Waals surface area contributed by atoms with E-state index in [1.165, 1.54) is 6.07 Å². The Hall–Kier alpha value is -2.02. The van der Waals surface area contributed by atoms with Gasteiger partial charge in [-0.2, -0.15) is 0 Å². The molecule has 0 bridgehead atoms. The lowest BCUT2D eigenvalue weighted by atomic mass is 9.98. The van der Waals surface area contributed by atoms with Crippen molar-refractivity contribution in [2.45, 2.75) is 37.3 Å². The molecule has 0 radical (unpaired) electrons. The molecule has 1 aromatic rings. The molecule has 1 spiro atoms. The summed E-state index contributed by atoms with van der Waals surface area (Å²) in [7, 11) is 0. The first-order chi connectivity index (χ1) is 10.4. The lowest BCUT2D eigenvalue weighted by Gasteiger charge is -2.22. The van der Waals surface area contributed by atoms with Gasteiger partial charge in [0.05, 0.1) is 12.1 Å². The van der Waals surface area contributed by atoms with Crippen molar-refractivity contribution in [3.05, 3.63) is 35.4 Å². The molecule has 2 fully saturated rings. The van der Waals surface area contributed by atoms with E-state index in [0.717, 1.165) is 29.9 Å². The second kappa shape index (κ2) is 5.31. The zero-order valence-corrected chi connectivity index (χ0v) is 11.8. The molecule has 7 heteroatoms. The number of hydrogen-bond donors (Lipinski definition) is 2. The maximum Gasteiger partial charge on any atom is 0.325 e. The van der Waals surface area contributed by atoms with Crippen molar-refractivity contribution in [2.24, 2.45) is 0 Å². The summed E-state index contributed by atoms with van der Waals surface area (Å²) in [6, 6.07) is 2.60. The number of carbonyl (C=O) groups excluding carboxylic acids is 2. The van der Waals surface area contributed by atoms with E-state index in [-0.39, 0.29) is 0 Å². The molecule has 5 nitrogen and oxygen atoms in total. The molecular formula is C15H16F2N2O3. The number of aliphatic hydroxyl groups excluding tert-OH is 1. The Kier molecular flexibility index (Phi) is 3.60. The predicted octanol–water partition coefficient (Wildman–Crippen LogP) is 1.86. The van der Waals surface area contributed by atoms with E-state index in [1.807, 2.05) is 0 Å². The summed E-state index contributed by atoms with van der Waals surface area (Å²) in [6.45, 7) is -0.468. The summed E-state index contributed by atoms with van der Waals surface area (Å²) in [5.74, 6) is -2.24. The molecule has 0 aromatic heterocycles. The fraction of sp³-hybridized carbons (Fsp3) is 0.467. The van der Waals surface area contributed by atoms with Gasteiger partial charge in [-0.1, -0.05) is 18.9 Å². The topological polar surface area (TPSA) is 69.6 Å². The van der Waals surface area contributed by atoms with Crippen LogP contribution in [0.25, 0.3) is 0 Å². The minimum absolute atomic E-state index is 0.425. The fourth-order valence-electron chi connectivity index (χ4n) is 3.25. The van der Waals surface area contributed by atoms with Crippen molar-refractivity contribution in [1.29, 1.82) is 0 Å². The lowest BCUT2D eigenvalue weighted by molar-refractivity contribution is -0.132. The van der Waals surface area contributed by atoms with Crippen LogP contribution in [-0.4, -0.2) is 34.0 Å². The third-order valence-electron chi connectivity index (χ3n) is 4.39. The standard InChI is InChI=1S/C15H16F2N2O3/c16-9-4-3-5-10(17)12(9)11(20)8-19-13(21)15(18-14(19)22)6-1-2-7-15/h3-5,11,20H,1-2,6-8H2,(H,18,22). The molecule has 1 saturated carbocycles. The molecule has 1 aliphatic carbocycles. The van der Waals surface area contributed by atoms with E-state index in [1.54, 1.807) is 0 Å². The molecule has 3 rings (SSSR count). The number of amides is 3. The first-order valence-corrected chi connectivity index (χ1v) is 7.21. The second-order valence-electron chi connectivity index (χ2n) is 5.79. The highest BCUT2D eigenvalue weighted by Gasteiger charge is 2.52. The van der Waals surface area contributed by atoms with E-state index in [9.17, 15) is 23.5 Å². The van der Waals surface area contributed by atoms with E-state index in [4.69, 9.17) is 0 Å². The van der Waals surface area contributed by atoms with Crippen molar-refractivity contribution in [2.75, 3.05) is 6.54 Å². The number of urea groups is 1. The third kappa shape index (κ3) is 2.25. The number of nitrogens with zero attached hydrogens (tertiary/aromatic N) is 1. The summed E-state index contributed by atoms with van der Waals surface area (Å²) in [4.78, 5) is 25.2. The van der Waals surface area contributed by atoms with E-state index >= 15 is 0 Å². The molecule has 1 saturated heterocycles. The van der Waals surface area contributed by atoms with Crippen LogP contribution in [0.4, 0.5) is 13.6 Å². The van der Waals surface area contributed by atoms with Crippen LogP contribution < -0.4 is 5.32 Å². The molecule has 1 unspecified atom stereocenters. The van der Waals surface area contributed by atoms with E-state index in [0.29, 0.717) is 12.8 Å². The number of β-amino-alcohol motifs (C(OH)–C–C–N with tert-alkyl or cyclic N) is 1. The molecule has 1 aromatic carbocycles. The minimum Gasteiger partial charge on any atom is -0.386 e. The van der Waals surface area contributed by atoms with Crippen molar-refractivity contribution in [3.63, 3.8) is 0 Å². The van der Waals surface area contributed by atoms with Gasteiger partial charge in [-0.3, -0.25) is 9.69 Å². The first-order valence-electron chi connectivity index (χ1n) is 7.21. The number of hydrogen-bond acceptors (Lipinski definition) is 3. The number of carbonyl (C=O) groups is 2.